The first kappa shape index (κ1) is 19.5. The third kappa shape index (κ3) is 5.36. The summed E-state index contributed by atoms with van der Waals surface area (Å²) in [4.78, 5) is 12.8. The molecule has 1 N–H and O–H groups in total. The number of rotatable bonds is 6. The predicted molar refractivity (Wildman–Crippen MR) is 113 cm³/mol. The normalized spacial score (nSPS) is 11.2. The maximum Gasteiger partial charge on any atom is 0.151 e. The molecule has 3 aromatic rings. The van der Waals surface area contributed by atoms with E-state index in [-0.39, 0.29) is 5.75 Å². The van der Waals surface area contributed by atoms with Crippen molar-refractivity contribution in [2.24, 2.45) is 0 Å². The standard InChI is InChI=1S/C18H17IN4O3S/c1-26-16-8-13(19)3-4-14(16)15-9-18(22-11-21-15)23-17-7-12(5-6-20-17)10-27(2,24)25/h3-9,11H,10H2,1-2H3,(H,20,21,22,23). The highest BCUT2D eigenvalue weighted by Crippen LogP contribution is 2.31. The fraction of sp³-hybridized carbons (Fsp3) is 0.167. The molecule has 0 saturated heterocycles. The molecule has 27 heavy (non-hydrogen) atoms. The van der Waals surface area contributed by atoms with E-state index in [0.717, 1.165) is 14.9 Å². The van der Waals surface area contributed by atoms with E-state index in [0.29, 0.717) is 22.9 Å². The van der Waals surface area contributed by atoms with Gasteiger partial charge in [0.2, 0.25) is 0 Å². The van der Waals surface area contributed by atoms with Gasteiger partial charge in [0, 0.05) is 27.7 Å². The number of anilines is 2. The van der Waals surface area contributed by atoms with E-state index in [1.807, 2.05) is 18.2 Å². The molecular formula is C18H17IN4O3S. The van der Waals surface area contributed by atoms with Crippen LogP contribution in [0.2, 0.25) is 0 Å². The second-order valence-corrected chi connectivity index (χ2v) is 9.26. The fourth-order valence-corrected chi connectivity index (χ4v) is 3.76. The van der Waals surface area contributed by atoms with E-state index in [2.05, 4.69) is 42.9 Å². The molecule has 0 atom stereocenters. The maximum absolute atomic E-state index is 11.5. The molecule has 2 heterocycles. The zero-order valence-electron chi connectivity index (χ0n) is 14.7. The number of ether oxygens (including phenoxy) is 1. The molecule has 0 aliphatic carbocycles. The molecule has 140 valence electrons. The van der Waals surface area contributed by atoms with Gasteiger partial charge in [0.1, 0.15) is 23.7 Å². The minimum absolute atomic E-state index is 0.0426. The number of halogens is 1. The van der Waals surface area contributed by atoms with Crippen molar-refractivity contribution in [2.75, 3.05) is 18.7 Å². The molecule has 0 saturated carbocycles. The van der Waals surface area contributed by atoms with Crippen molar-refractivity contribution in [1.82, 2.24) is 15.0 Å². The monoisotopic (exact) mass is 496 g/mol. The largest absolute Gasteiger partial charge is 0.496 e. The van der Waals surface area contributed by atoms with Gasteiger partial charge in [-0.2, -0.15) is 0 Å². The summed E-state index contributed by atoms with van der Waals surface area (Å²) >= 11 is 2.22. The van der Waals surface area contributed by atoms with Gasteiger partial charge in [0.15, 0.2) is 9.84 Å². The summed E-state index contributed by atoms with van der Waals surface area (Å²) in [6, 6.07) is 11.0. The molecule has 0 radical (unpaired) electrons. The van der Waals surface area contributed by atoms with E-state index >= 15 is 0 Å². The van der Waals surface area contributed by atoms with Gasteiger partial charge in [-0.25, -0.2) is 23.4 Å². The Morgan fingerprint density at radius 2 is 1.85 bits per heavy atom. The third-order valence-electron chi connectivity index (χ3n) is 3.62. The third-order valence-corrected chi connectivity index (χ3v) is 5.14. The Bertz CT molecular complexity index is 1070. The van der Waals surface area contributed by atoms with Crippen molar-refractivity contribution < 1.29 is 13.2 Å². The first-order valence-electron chi connectivity index (χ1n) is 7.90. The van der Waals surface area contributed by atoms with Gasteiger partial charge in [-0.1, -0.05) is 0 Å². The summed E-state index contributed by atoms with van der Waals surface area (Å²) in [7, 11) is -1.50. The Morgan fingerprint density at radius 1 is 1.07 bits per heavy atom. The predicted octanol–water partition coefficient (Wildman–Crippen LogP) is 3.44. The molecule has 0 aliphatic heterocycles. The molecule has 0 amide bonds. The fourth-order valence-electron chi connectivity index (χ4n) is 2.52. The maximum atomic E-state index is 11.5. The molecule has 3 rings (SSSR count). The van der Waals surface area contributed by atoms with Crippen LogP contribution in [0.1, 0.15) is 5.56 Å². The van der Waals surface area contributed by atoms with Gasteiger partial charge in [0.25, 0.3) is 0 Å². The van der Waals surface area contributed by atoms with Crippen molar-refractivity contribution in [3.63, 3.8) is 0 Å². The van der Waals surface area contributed by atoms with Gasteiger partial charge in [0.05, 0.1) is 18.6 Å². The molecule has 7 nitrogen and oxygen atoms in total. The highest BCUT2D eigenvalue weighted by atomic mass is 127. The highest BCUT2D eigenvalue weighted by molar-refractivity contribution is 14.1. The van der Waals surface area contributed by atoms with E-state index in [4.69, 9.17) is 4.74 Å². The van der Waals surface area contributed by atoms with E-state index in [9.17, 15) is 8.42 Å². The van der Waals surface area contributed by atoms with E-state index < -0.39 is 9.84 Å². The second kappa shape index (κ2) is 8.17. The van der Waals surface area contributed by atoms with Crippen LogP contribution in [0.4, 0.5) is 11.6 Å². The molecule has 0 spiro atoms. The summed E-state index contributed by atoms with van der Waals surface area (Å²) in [5.74, 6) is 1.74. The van der Waals surface area contributed by atoms with E-state index in [1.165, 1.54) is 12.6 Å². The number of hydrogen-bond acceptors (Lipinski definition) is 7. The first-order valence-corrected chi connectivity index (χ1v) is 11.0. The van der Waals surface area contributed by atoms with Crippen LogP contribution in [0.3, 0.4) is 0 Å². The average Bonchev–Trinajstić information content (AvgIpc) is 2.60. The van der Waals surface area contributed by atoms with Crippen LogP contribution < -0.4 is 10.1 Å². The number of sulfone groups is 1. The summed E-state index contributed by atoms with van der Waals surface area (Å²) in [6.45, 7) is 0. The van der Waals surface area contributed by atoms with Crippen molar-refractivity contribution in [3.05, 3.63) is 58.1 Å². The van der Waals surface area contributed by atoms with Crippen molar-refractivity contribution in [2.45, 2.75) is 5.75 Å². The molecular weight excluding hydrogens is 479 g/mol. The average molecular weight is 496 g/mol. The Kier molecular flexibility index (Phi) is 5.90. The van der Waals surface area contributed by atoms with Gasteiger partial charge < -0.3 is 10.1 Å². The number of methoxy groups -OCH3 is 1. The molecule has 0 fully saturated rings. The van der Waals surface area contributed by atoms with Crippen LogP contribution in [0, 0.1) is 3.57 Å². The van der Waals surface area contributed by atoms with Gasteiger partial charge in [-0.15, -0.1) is 0 Å². The number of pyridine rings is 1. The molecule has 9 heteroatoms. The van der Waals surface area contributed by atoms with Gasteiger partial charge in [-0.05, 0) is 58.5 Å². The van der Waals surface area contributed by atoms with Crippen LogP contribution in [0.5, 0.6) is 5.75 Å². The zero-order chi connectivity index (χ0) is 19.4. The van der Waals surface area contributed by atoms with Gasteiger partial charge in [-0.3, -0.25) is 0 Å². The van der Waals surface area contributed by atoms with Crippen LogP contribution in [0.15, 0.2) is 48.9 Å². The summed E-state index contributed by atoms with van der Waals surface area (Å²) < 4.78 is 29.5. The lowest BCUT2D eigenvalue weighted by Crippen LogP contribution is -2.03. The number of nitrogens with one attached hydrogen (secondary N) is 1. The molecule has 1 aromatic carbocycles. The number of aromatic nitrogens is 3. The van der Waals surface area contributed by atoms with Crippen molar-refractivity contribution in [3.8, 4) is 17.0 Å². The molecule has 2 aromatic heterocycles. The lowest BCUT2D eigenvalue weighted by molar-refractivity contribution is 0.416. The molecule has 0 bridgehead atoms. The smallest absolute Gasteiger partial charge is 0.151 e. The lowest BCUT2D eigenvalue weighted by Gasteiger charge is -2.10. The molecule has 0 aliphatic rings. The highest BCUT2D eigenvalue weighted by Gasteiger charge is 2.10. The van der Waals surface area contributed by atoms with Crippen LogP contribution in [-0.2, 0) is 15.6 Å². The summed E-state index contributed by atoms with van der Waals surface area (Å²) in [5, 5.41) is 3.09. The first-order chi connectivity index (χ1) is 12.8. The number of benzene rings is 1. The van der Waals surface area contributed by atoms with Crippen molar-refractivity contribution in [1.29, 1.82) is 0 Å². The Hall–Kier alpha value is -2.27. The van der Waals surface area contributed by atoms with Gasteiger partial charge >= 0.3 is 0 Å². The zero-order valence-corrected chi connectivity index (χ0v) is 17.7. The summed E-state index contributed by atoms with van der Waals surface area (Å²) in [5.41, 5.74) is 2.21. The molecule has 0 unspecified atom stereocenters. The SMILES string of the molecule is COc1cc(I)ccc1-c1cc(Nc2cc(CS(C)(=O)=O)ccn2)ncn1. The quantitative estimate of drug-likeness (QED) is 0.523. The van der Waals surface area contributed by atoms with E-state index in [1.54, 1.807) is 31.5 Å². The van der Waals surface area contributed by atoms with Crippen LogP contribution in [0.25, 0.3) is 11.3 Å². The summed E-state index contributed by atoms with van der Waals surface area (Å²) in [6.07, 6.45) is 4.22. The second-order valence-electron chi connectivity index (χ2n) is 5.88. The number of nitrogens with zero attached hydrogens (tertiary/aromatic N) is 3. The lowest BCUT2D eigenvalue weighted by atomic mass is 10.1. The Morgan fingerprint density at radius 3 is 2.59 bits per heavy atom. The van der Waals surface area contributed by atoms with Crippen molar-refractivity contribution >= 4 is 44.1 Å². The minimum atomic E-state index is -3.12. The van der Waals surface area contributed by atoms with Crippen LogP contribution >= 0.6 is 22.6 Å². The number of hydrogen-bond donors (Lipinski definition) is 1. The topological polar surface area (TPSA) is 94.1 Å². The van der Waals surface area contributed by atoms with Crippen LogP contribution in [-0.4, -0.2) is 36.7 Å². The minimum Gasteiger partial charge on any atom is -0.496 e. The Labute approximate surface area is 171 Å². The Balaban J connectivity index is 1.88.